The normalized spacial score (nSPS) is 14.0. The first-order chi connectivity index (χ1) is 12.1. The quantitative estimate of drug-likeness (QED) is 0.664. The fraction of sp³-hybridized carbons (Fsp3) is 0.333. The third-order valence-corrected chi connectivity index (χ3v) is 4.67. The molecule has 1 saturated carbocycles. The van der Waals surface area contributed by atoms with Gasteiger partial charge in [-0.25, -0.2) is 14.5 Å². The lowest BCUT2D eigenvalue weighted by atomic mass is 9.95. The molecule has 4 rings (SSSR count). The molecule has 7 heteroatoms. The SMILES string of the molecule is CCn1ncc2c(-c3cncc(Cl)c3)c(C(=O)OC)c(C3CC3)nc21. The van der Waals surface area contributed by atoms with Crippen LogP contribution in [0.25, 0.3) is 22.2 Å². The number of aromatic nitrogens is 4. The molecule has 6 nitrogen and oxygen atoms in total. The number of hydrogen-bond acceptors (Lipinski definition) is 5. The standard InChI is InChI=1S/C18H17ClN4O2/c1-3-23-17-13(9-21-23)14(11-6-12(19)8-20-7-11)15(18(24)25-2)16(22-17)10-4-5-10/h6-10H,3-5H2,1-2H3. The summed E-state index contributed by atoms with van der Waals surface area (Å²) in [5.74, 6) is -0.111. The molecular formula is C18H17ClN4O2. The van der Waals surface area contributed by atoms with Crippen LogP contribution in [0.3, 0.4) is 0 Å². The maximum absolute atomic E-state index is 12.6. The number of fused-ring (bicyclic) bond motifs is 1. The van der Waals surface area contributed by atoms with Gasteiger partial charge in [-0.1, -0.05) is 11.6 Å². The van der Waals surface area contributed by atoms with Gasteiger partial charge < -0.3 is 4.74 Å². The zero-order valence-corrected chi connectivity index (χ0v) is 14.7. The van der Waals surface area contributed by atoms with Gasteiger partial charge in [-0.05, 0) is 25.8 Å². The van der Waals surface area contributed by atoms with Crippen molar-refractivity contribution in [2.45, 2.75) is 32.2 Å². The van der Waals surface area contributed by atoms with Crippen molar-refractivity contribution in [2.75, 3.05) is 7.11 Å². The smallest absolute Gasteiger partial charge is 0.340 e. The summed E-state index contributed by atoms with van der Waals surface area (Å²) in [7, 11) is 1.39. The third kappa shape index (κ3) is 2.66. The molecule has 1 aliphatic carbocycles. The van der Waals surface area contributed by atoms with E-state index in [9.17, 15) is 4.79 Å². The molecule has 0 atom stereocenters. The molecule has 0 unspecified atom stereocenters. The zero-order valence-electron chi connectivity index (χ0n) is 14.0. The van der Waals surface area contributed by atoms with Crippen molar-refractivity contribution in [2.24, 2.45) is 0 Å². The van der Waals surface area contributed by atoms with Gasteiger partial charge in [0.2, 0.25) is 0 Å². The van der Waals surface area contributed by atoms with E-state index in [1.54, 1.807) is 24.7 Å². The number of ether oxygens (including phenoxy) is 1. The highest BCUT2D eigenvalue weighted by molar-refractivity contribution is 6.30. The van der Waals surface area contributed by atoms with Crippen LogP contribution in [0.4, 0.5) is 0 Å². The summed E-state index contributed by atoms with van der Waals surface area (Å²) >= 11 is 6.14. The Morgan fingerprint density at radius 2 is 2.16 bits per heavy atom. The minimum absolute atomic E-state index is 0.282. The van der Waals surface area contributed by atoms with Gasteiger partial charge in [0, 0.05) is 41.4 Å². The molecule has 0 aromatic carbocycles. The van der Waals surface area contributed by atoms with Crippen LogP contribution >= 0.6 is 11.6 Å². The molecule has 3 aromatic rings. The van der Waals surface area contributed by atoms with E-state index in [1.807, 2.05) is 11.6 Å². The van der Waals surface area contributed by atoms with Gasteiger partial charge >= 0.3 is 5.97 Å². The Hall–Kier alpha value is -2.47. The fourth-order valence-electron chi connectivity index (χ4n) is 3.15. The molecule has 0 saturated heterocycles. The number of esters is 1. The maximum Gasteiger partial charge on any atom is 0.340 e. The number of halogens is 1. The van der Waals surface area contributed by atoms with Crippen LogP contribution in [0, 0.1) is 0 Å². The van der Waals surface area contributed by atoms with Crippen molar-refractivity contribution < 1.29 is 9.53 Å². The molecule has 25 heavy (non-hydrogen) atoms. The van der Waals surface area contributed by atoms with Crippen LogP contribution in [-0.4, -0.2) is 32.8 Å². The van der Waals surface area contributed by atoms with E-state index in [-0.39, 0.29) is 5.92 Å². The molecule has 128 valence electrons. The highest BCUT2D eigenvalue weighted by atomic mass is 35.5. The third-order valence-electron chi connectivity index (χ3n) is 4.46. The van der Waals surface area contributed by atoms with Crippen LogP contribution < -0.4 is 0 Å². The molecule has 0 spiro atoms. The number of methoxy groups -OCH3 is 1. The second kappa shape index (κ2) is 6.11. The second-order valence-corrected chi connectivity index (χ2v) is 6.54. The lowest BCUT2D eigenvalue weighted by Gasteiger charge is -2.14. The van der Waals surface area contributed by atoms with E-state index in [4.69, 9.17) is 21.3 Å². The van der Waals surface area contributed by atoms with Crippen LogP contribution in [0.1, 0.15) is 41.7 Å². The largest absolute Gasteiger partial charge is 0.465 e. The zero-order chi connectivity index (χ0) is 17.6. The first kappa shape index (κ1) is 16.0. The Bertz CT molecular complexity index is 979. The van der Waals surface area contributed by atoms with Crippen LogP contribution in [0.15, 0.2) is 24.7 Å². The Morgan fingerprint density at radius 1 is 1.36 bits per heavy atom. The Balaban J connectivity index is 2.12. The van der Waals surface area contributed by atoms with Gasteiger partial charge in [0.15, 0.2) is 5.65 Å². The van der Waals surface area contributed by atoms with E-state index in [1.165, 1.54) is 7.11 Å². The van der Waals surface area contributed by atoms with E-state index < -0.39 is 5.97 Å². The molecule has 0 bridgehead atoms. The number of nitrogens with zero attached hydrogens (tertiary/aromatic N) is 4. The highest BCUT2D eigenvalue weighted by Crippen LogP contribution is 2.45. The van der Waals surface area contributed by atoms with Crippen LogP contribution in [0.5, 0.6) is 0 Å². The van der Waals surface area contributed by atoms with E-state index in [2.05, 4.69) is 10.1 Å². The van der Waals surface area contributed by atoms with E-state index in [0.717, 1.165) is 40.7 Å². The first-order valence-electron chi connectivity index (χ1n) is 8.22. The summed E-state index contributed by atoms with van der Waals surface area (Å²) in [4.78, 5) is 21.6. The molecule has 1 fully saturated rings. The lowest BCUT2D eigenvalue weighted by molar-refractivity contribution is 0.0600. The Kier molecular flexibility index (Phi) is 3.92. The molecule has 0 aliphatic heterocycles. The summed E-state index contributed by atoms with van der Waals surface area (Å²) in [6.45, 7) is 2.71. The van der Waals surface area contributed by atoms with Crippen LogP contribution in [-0.2, 0) is 11.3 Å². The predicted octanol–water partition coefficient (Wildman–Crippen LogP) is 3.83. The second-order valence-electron chi connectivity index (χ2n) is 6.10. The van der Waals surface area contributed by atoms with Crippen molar-refractivity contribution in [3.05, 3.63) is 40.9 Å². The van der Waals surface area contributed by atoms with Crippen molar-refractivity contribution in [3.8, 4) is 11.1 Å². The summed E-state index contributed by atoms with van der Waals surface area (Å²) in [6.07, 6.45) is 7.06. The minimum atomic E-state index is -0.393. The Labute approximate surface area is 149 Å². The molecule has 0 amide bonds. The molecule has 3 aromatic heterocycles. The number of rotatable bonds is 4. The number of carbonyl (C=O) groups is 1. The van der Waals surface area contributed by atoms with Crippen molar-refractivity contribution in [3.63, 3.8) is 0 Å². The predicted molar refractivity (Wildman–Crippen MR) is 94.8 cm³/mol. The topological polar surface area (TPSA) is 69.9 Å². The summed E-state index contributed by atoms with van der Waals surface area (Å²) < 4.78 is 6.91. The monoisotopic (exact) mass is 356 g/mol. The van der Waals surface area contributed by atoms with Crippen molar-refractivity contribution >= 4 is 28.6 Å². The molecule has 0 N–H and O–H groups in total. The lowest BCUT2D eigenvalue weighted by Crippen LogP contribution is -2.11. The Morgan fingerprint density at radius 3 is 2.80 bits per heavy atom. The minimum Gasteiger partial charge on any atom is -0.465 e. The fourth-order valence-corrected chi connectivity index (χ4v) is 3.32. The molecular weight excluding hydrogens is 340 g/mol. The number of pyridine rings is 2. The maximum atomic E-state index is 12.6. The number of hydrogen-bond donors (Lipinski definition) is 0. The van der Waals surface area contributed by atoms with Gasteiger partial charge in [-0.3, -0.25) is 4.98 Å². The summed E-state index contributed by atoms with van der Waals surface area (Å²) in [5.41, 5.74) is 3.56. The molecule has 0 radical (unpaired) electrons. The van der Waals surface area contributed by atoms with Gasteiger partial charge in [-0.2, -0.15) is 5.10 Å². The average molecular weight is 357 g/mol. The summed E-state index contributed by atoms with van der Waals surface area (Å²) in [6, 6.07) is 1.80. The number of aryl methyl sites for hydroxylation is 1. The highest BCUT2D eigenvalue weighted by Gasteiger charge is 2.34. The molecule has 1 aliphatic rings. The van der Waals surface area contributed by atoms with Crippen molar-refractivity contribution in [1.82, 2.24) is 19.7 Å². The number of carbonyl (C=O) groups excluding carboxylic acids is 1. The van der Waals surface area contributed by atoms with Gasteiger partial charge in [-0.15, -0.1) is 0 Å². The van der Waals surface area contributed by atoms with Crippen molar-refractivity contribution in [1.29, 1.82) is 0 Å². The van der Waals surface area contributed by atoms with Gasteiger partial charge in [0.1, 0.15) is 0 Å². The molecule has 3 heterocycles. The first-order valence-corrected chi connectivity index (χ1v) is 8.60. The van der Waals surface area contributed by atoms with E-state index >= 15 is 0 Å². The van der Waals surface area contributed by atoms with E-state index in [0.29, 0.717) is 17.1 Å². The van der Waals surface area contributed by atoms with Gasteiger partial charge in [0.05, 0.1) is 29.6 Å². The average Bonchev–Trinajstić information content (AvgIpc) is 3.39. The summed E-state index contributed by atoms with van der Waals surface area (Å²) in [5, 5.41) is 5.73. The van der Waals surface area contributed by atoms with Crippen LogP contribution in [0.2, 0.25) is 5.02 Å². The van der Waals surface area contributed by atoms with Gasteiger partial charge in [0.25, 0.3) is 0 Å².